The molecule has 0 bridgehead atoms. The number of amides is 2. The summed E-state index contributed by atoms with van der Waals surface area (Å²) in [7, 11) is 1.16. The quantitative estimate of drug-likeness (QED) is 0.538. The van der Waals surface area contributed by atoms with E-state index in [0.717, 1.165) is 12.7 Å². The summed E-state index contributed by atoms with van der Waals surface area (Å²) in [5.74, 6) is -1.63. The van der Waals surface area contributed by atoms with E-state index in [4.69, 9.17) is 14.2 Å². The van der Waals surface area contributed by atoms with Crippen molar-refractivity contribution in [2.45, 2.75) is 51.5 Å². The van der Waals surface area contributed by atoms with Gasteiger partial charge < -0.3 is 24.4 Å². The number of esters is 2. The molecule has 1 heterocycles. The highest BCUT2D eigenvalue weighted by Gasteiger charge is 2.37. The molecule has 0 aromatic heterocycles. The van der Waals surface area contributed by atoms with E-state index in [1.165, 1.54) is 18.7 Å². The number of carbonyl (C=O) groups is 4. The lowest BCUT2D eigenvalue weighted by molar-refractivity contribution is -0.161. The SMILES string of the molecule is COC(=O)[C@@H](NC(=O)OCc1ccccc1)[C@H](C)OC(=O)[C@@H]1CCCN1C(C)=O. The Morgan fingerprint density at radius 1 is 1.21 bits per heavy atom. The van der Waals surface area contributed by atoms with E-state index in [1.807, 2.05) is 18.2 Å². The fourth-order valence-electron chi connectivity index (χ4n) is 3.11. The van der Waals surface area contributed by atoms with E-state index < -0.39 is 36.2 Å². The number of hydrogen-bond acceptors (Lipinski definition) is 7. The first-order valence-corrected chi connectivity index (χ1v) is 9.36. The number of nitrogens with zero attached hydrogens (tertiary/aromatic N) is 1. The minimum Gasteiger partial charge on any atom is -0.467 e. The number of ether oxygens (including phenoxy) is 3. The monoisotopic (exact) mass is 406 g/mol. The molecule has 1 fully saturated rings. The van der Waals surface area contributed by atoms with E-state index in [2.05, 4.69) is 5.32 Å². The number of methoxy groups -OCH3 is 1. The van der Waals surface area contributed by atoms with Gasteiger partial charge in [0.2, 0.25) is 5.91 Å². The Balaban J connectivity index is 1.95. The Kier molecular flexibility index (Phi) is 7.99. The van der Waals surface area contributed by atoms with Crippen molar-refractivity contribution in [2.24, 2.45) is 0 Å². The first kappa shape index (κ1) is 22.2. The van der Waals surface area contributed by atoms with Crippen LogP contribution >= 0.6 is 0 Å². The molecule has 0 aliphatic carbocycles. The van der Waals surface area contributed by atoms with Gasteiger partial charge in [0, 0.05) is 13.5 Å². The average Bonchev–Trinajstić information content (AvgIpc) is 3.21. The van der Waals surface area contributed by atoms with Gasteiger partial charge in [-0.25, -0.2) is 14.4 Å². The van der Waals surface area contributed by atoms with Gasteiger partial charge in [0.15, 0.2) is 6.04 Å². The molecular formula is C20H26N2O7. The van der Waals surface area contributed by atoms with Crippen LogP contribution in [0, 0.1) is 0 Å². The fraction of sp³-hybridized carbons (Fsp3) is 0.500. The van der Waals surface area contributed by atoms with Crippen molar-refractivity contribution in [3.8, 4) is 0 Å². The highest BCUT2D eigenvalue weighted by molar-refractivity contribution is 5.85. The number of nitrogens with one attached hydrogen (secondary N) is 1. The lowest BCUT2D eigenvalue weighted by Gasteiger charge is -2.26. The molecule has 1 aliphatic rings. The summed E-state index contributed by atoms with van der Waals surface area (Å²) in [6.07, 6.45) is -0.689. The van der Waals surface area contributed by atoms with Gasteiger partial charge in [-0.05, 0) is 25.3 Å². The number of likely N-dealkylation sites (tertiary alicyclic amines) is 1. The molecule has 9 heteroatoms. The van der Waals surface area contributed by atoms with Gasteiger partial charge in [-0.3, -0.25) is 4.79 Å². The molecule has 0 unspecified atom stereocenters. The Labute approximate surface area is 169 Å². The molecule has 2 rings (SSSR count). The van der Waals surface area contributed by atoms with Crippen LogP contribution in [0.15, 0.2) is 30.3 Å². The zero-order valence-electron chi connectivity index (χ0n) is 16.8. The van der Waals surface area contributed by atoms with Crippen LogP contribution in [0.4, 0.5) is 4.79 Å². The van der Waals surface area contributed by atoms with Crippen molar-refractivity contribution in [1.29, 1.82) is 0 Å². The number of carbonyl (C=O) groups excluding carboxylic acids is 4. The lowest BCUT2D eigenvalue weighted by Crippen LogP contribution is -2.51. The zero-order chi connectivity index (χ0) is 21.4. The molecule has 1 saturated heterocycles. The van der Waals surface area contributed by atoms with Crippen LogP contribution in [0.25, 0.3) is 0 Å². The minimum atomic E-state index is -1.25. The van der Waals surface area contributed by atoms with Gasteiger partial charge in [0.05, 0.1) is 7.11 Å². The summed E-state index contributed by atoms with van der Waals surface area (Å²) in [5, 5.41) is 2.37. The van der Waals surface area contributed by atoms with Crippen molar-refractivity contribution in [3.05, 3.63) is 35.9 Å². The molecule has 0 saturated carbocycles. The highest BCUT2D eigenvalue weighted by atomic mass is 16.6. The predicted molar refractivity (Wildman–Crippen MR) is 102 cm³/mol. The summed E-state index contributed by atoms with van der Waals surface area (Å²) >= 11 is 0. The summed E-state index contributed by atoms with van der Waals surface area (Å²) in [6.45, 7) is 3.35. The van der Waals surface area contributed by atoms with Crippen molar-refractivity contribution in [2.75, 3.05) is 13.7 Å². The summed E-state index contributed by atoms with van der Waals surface area (Å²) < 4.78 is 15.2. The Hall–Kier alpha value is -3.10. The van der Waals surface area contributed by atoms with Gasteiger partial charge >= 0.3 is 18.0 Å². The van der Waals surface area contributed by atoms with Gasteiger partial charge in [0.1, 0.15) is 18.8 Å². The van der Waals surface area contributed by atoms with Crippen molar-refractivity contribution >= 4 is 23.9 Å². The van der Waals surface area contributed by atoms with Gasteiger partial charge in [-0.2, -0.15) is 0 Å². The van der Waals surface area contributed by atoms with E-state index in [9.17, 15) is 19.2 Å². The molecule has 0 radical (unpaired) electrons. The molecule has 3 atom stereocenters. The molecule has 1 N–H and O–H groups in total. The van der Waals surface area contributed by atoms with Crippen LogP contribution in [0.2, 0.25) is 0 Å². The number of hydrogen-bond donors (Lipinski definition) is 1. The van der Waals surface area contributed by atoms with Crippen LogP contribution in [0.3, 0.4) is 0 Å². The summed E-state index contributed by atoms with van der Waals surface area (Å²) in [5.41, 5.74) is 0.780. The summed E-state index contributed by atoms with van der Waals surface area (Å²) in [6, 6.07) is 7.09. The predicted octanol–water partition coefficient (Wildman–Crippen LogP) is 1.40. The standard InChI is InChI=1S/C20H26N2O7/c1-13(29-18(24)16-10-7-11-22(16)14(2)23)17(19(25)27-3)21-20(26)28-12-15-8-5-4-6-9-15/h4-6,8-9,13,16-17H,7,10-12H2,1-3H3,(H,21,26)/t13-,16-,17-/m0/s1. The maximum Gasteiger partial charge on any atom is 0.408 e. The van der Waals surface area contributed by atoms with Crippen molar-refractivity contribution in [1.82, 2.24) is 10.2 Å². The first-order chi connectivity index (χ1) is 13.8. The molecule has 0 spiro atoms. The second-order valence-corrected chi connectivity index (χ2v) is 6.72. The van der Waals surface area contributed by atoms with Crippen LogP contribution in [0.5, 0.6) is 0 Å². The molecule has 1 aliphatic heterocycles. The Morgan fingerprint density at radius 3 is 2.52 bits per heavy atom. The van der Waals surface area contributed by atoms with Gasteiger partial charge in [-0.1, -0.05) is 30.3 Å². The minimum absolute atomic E-state index is 0.0182. The van der Waals surface area contributed by atoms with Crippen LogP contribution in [-0.4, -0.2) is 60.7 Å². The number of alkyl carbamates (subject to hydrolysis) is 1. The maximum atomic E-state index is 12.5. The van der Waals surface area contributed by atoms with Crippen molar-refractivity contribution in [3.63, 3.8) is 0 Å². The van der Waals surface area contributed by atoms with Gasteiger partial charge in [0.25, 0.3) is 0 Å². The molecular weight excluding hydrogens is 380 g/mol. The van der Waals surface area contributed by atoms with Gasteiger partial charge in [-0.15, -0.1) is 0 Å². The molecule has 2 amide bonds. The smallest absolute Gasteiger partial charge is 0.408 e. The maximum absolute atomic E-state index is 12.5. The lowest BCUT2D eigenvalue weighted by atomic mass is 10.1. The average molecular weight is 406 g/mol. The Morgan fingerprint density at radius 2 is 1.90 bits per heavy atom. The van der Waals surface area contributed by atoms with Crippen LogP contribution in [0.1, 0.15) is 32.3 Å². The second-order valence-electron chi connectivity index (χ2n) is 6.72. The fourth-order valence-corrected chi connectivity index (χ4v) is 3.11. The molecule has 29 heavy (non-hydrogen) atoms. The number of benzene rings is 1. The molecule has 158 valence electrons. The van der Waals surface area contributed by atoms with Crippen LogP contribution in [-0.2, 0) is 35.2 Å². The topological polar surface area (TPSA) is 111 Å². The highest BCUT2D eigenvalue weighted by Crippen LogP contribution is 2.19. The second kappa shape index (κ2) is 10.4. The first-order valence-electron chi connectivity index (χ1n) is 9.36. The van der Waals surface area contributed by atoms with E-state index in [0.29, 0.717) is 19.4 Å². The van der Waals surface area contributed by atoms with E-state index in [1.54, 1.807) is 12.1 Å². The van der Waals surface area contributed by atoms with Crippen molar-refractivity contribution < 1.29 is 33.4 Å². The molecule has 1 aromatic rings. The third kappa shape index (κ3) is 6.20. The normalized spacial score (nSPS) is 17.8. The largest absolute Gasteiger partial charge is 0.467 e. The zero-order valence-corrected chi connectivity index (χ0v) is 16.8. The van der Waals surface area contributed by atoms with Crippen LogP contribution < -0.4 is 5.32 Å². The number of rotatable bonds is 7. The summed E-state index contributed by atoms with van der Waals surface area (Å²) in [4.78, 5) is 49.7. The third-order valence-corrected chi connectivity index (χ3v) is 4.64. The molecule has 9 nitrogen and oxygen atoms in total. The van der Waals surface area contributed by atoms with E-state index >= 15 is 0 Å². The van der Waals surface area contributed by atoms with E-state index in [-0.39, 0.29) is 12.5 Å². The third-order valence-electron chi connectivity index (χ3n) is 4.64. The molecule has 1 aromatic carbocycles. The Bertz CT molecular complexity index is 738.